The fourth-order valence-corrected chi connectivity index (χ4v) is 4.68. The molecule has 0 bridgehead atoms. The van der Waals surface area contributed by atoms with Gasteiger partial charge >= 0.3 is 0 Å². The van der Waals surface area contributed by atoms with Gasteiger partial charge in [0, 0.05) is 0 Å². The highest BCUT2D eigenvalue weighted by atomic mass is 16.7. The summed E-state index contributed by atoms with van der Waals surface area (Å²) >= 11 is 0. The number of benzene rings is 4. The number of aliphatic hydroxyl groups is 1. The summed E-state index contributed by atoms with van der Waals surface area (Å²) in [5, 5.41) is 11.5. The van der Waals surface area contributed by atoms with Crippen LogP contribution in [0.15, 0.2) is 121 Å². The van der Waals surface area contributed by atoms with Crippen LogP contribution in [-0.2, 0) is 50.1 Å². The Labute approximate surface area is 236 Å². The summed E-state index contributed by atoms with van der Waals surface area (Å²) in [5.74, 6) is 0. The molecule has 6 nitrogen and oxygen atoms in total. The fraction of sp³-hybridized carbons (Fsp3) is 0.294. The largest absolute Gasteiger partial charge is 0.387 e. The smallest absolute Gasteiger partial charge is 0.187 e. The molecular formula is C34H36O6. The van der Waals surface area contributed by atoms with Gasteiger partial charge in [-0.15, -0.1) is 0 Å². The molecule has 1 aliphatic heterocycles. The zero-order valence-electron chi connectivity index (χ0n) is 22.5. The number of hydrogen-bond acceptors (Lipinski definition) is 6. The van der Waals surface area contributed by atoms with Crippen molar-refractivity contribution in [3.8, 4) is 0 Å². The molecule has 4 aromatic rings. The van der Waals surface area contributed by atoms with Crippen LogP contribution >= 0.6 is 0 Å². The molecule has 1 N–H and O–H groups in total. The molecule has 0 aliphatic carbocycles. The molecule has 0 amide bonds. The van der Waals surface area contributed by atoms with Crippen LogP contribution in [0.2, 0.25) is 0 Å². The number of hydrogen-bond donors (Lipinski definition) is 1. The van der Waals surface area contributed by atoms with Crippen LogP contribution in [0.5, 0.6) is 0 Å². The average Bonchev–Trinajstić information content (AvgIpc) is 3.01. The maximum atomic E-state index is 11.5. The highest BCUT2D eigenvalue weighted by molar-refractivity contribution is 5.16. The van der Waals surface area contributed by atoms with Gasteiger partial charge in [-0.05, 0) is 22.3 Å². The first-order chi connectivity index (χ1) is 19.8. The third-order valence-corrected chi connectivity index (χ3v) is 6.84. The van der Waals surface area contributed by atoms with Crippen LogP contribution in [0, 0.1) is 0 Å². The molecule has 0 aromatic heterocycles. The van der Waals surface area contributed by atoms with Crippen molar-refractivity contribution in [3.05, 3.63) is 144 Å². The average molecular weight is 541 g/mol. The molecule has 40 heavy (non-hydrogen) atoms. The lowest BCUT2D eigenvalue weighted by Crippen LogP contribution is -2.61. The molecular weight excluding hydrogens is 504 g/mol. The van der Waals surface area contributed by atoms with Crippen LogP contribution < -0.4 is 0 Å². The highest BCUT2D eigenvalue weighted by Crippen LogP contribution is 2.29. The van der Waals surface area contributed by atoms with Crippen LogP contribution in [-0.4, -0.2) is 42.4 Å². The standard InChI is InChI=1S/C34H36O6/c35-31-30(25-36-21-26-13-5-1-6-14-26)40-34(39-24-29-19-11-4-12-20-29)33(38-23-28-17-9-3-10-18-28)32(31)37-22-27-15-7-2-8-16-27/h1-20,30-35H,21-25H2/t30-,31+,32+,33-,34?/m1/s1. The van der Waals surface area contributed by atoms with E-state index in [0.717, 1.165) is 22.3 Å². The maximum absolute atomic E-state index is 11.5. The normalized spacial score (nSPS) is 22.7. The van der Waals surface area contributed by atoms with Gasteiger partial charge in [-0.2, -0.15) is 0 Å². The van der Waals surface area contributed by atoms with Crippen molar-refractivity contribution < 1.29 is 28.8 Å². The van der Waals surface area contributed by atoms with Crippen molar-refractivity contribution in [2.75, 3.05) is 6.61 Å². The summed E-state index contributed by atoms with van der Waals surface area (Å²) in [7, 11) is 0. The van der Waals surface area contributed by atoms with Crippen LogP contribution in [0.3, 0.4) is 0 Å². The van der Waals surface area contributed by atoms with Gasteiger partial charge in [0.2, 0.25) is 0 Å². The molecule has 0 radical (unpaired) electrons. The summed E-state index contributed by atoms with van der Waals surface area (Å²) in [5.41, 5.74) is 4.07. The second-order valence-corrected chi connectivity index (χ2v) is 9.85. The minimum Gasteiger partial charge on any atom is -0.387 e. The van der Waals surface area contributed by atoms with Gasteiger partial charge in [-0.25, -0.2) is 0 Å². The first-order valence-corrected chi connectivity index (χ1v) is 13.7. The molecule has 0 spiro atoms. The van der Waals surface area contributed by atoms with E-state index in [2.05, 4.69) is 0 Å². The lowest BCUT2D eigenvalue weighted by molar-refractivity contribution is -0.324. The molecule has 0 saturated carbocycles. The fourth-order valence-electron chi connectivity index (χ4n) is 4.68. The van der Waals surface area contributed by atoms with Gasteiger partial charge in [-0.1, -0.05) is 121 Å². The Morgan fingerprint density at radius 1 is 0.500 bits per heavy atom. The number of aliphatic hydroxyl groups excluding tert-OH is 1. The highest BCUT2D eigenvalue weighted by Gasteiger charge is 2.47. The monoisotopic (exact) mass is 540 g/mol. The minimum atomic E-state index is -0.989. The first-order valence-electron chi connectivity index (χ1n) is 13.7. The van der Waals surface area contributed by atoms with E-state index >= 15 is 0 Å². The van der Waals surface area contributed by atoms with Crippen molar-refractivity contribution in [1.29, 1.82) is 0 Å². The van der Waals surface area contributed by atoms with E-state index in [1.807, 2.05) is 121 Å². The van der Waals surface area contributed by atoms with Crippen molar-refractivity contribution in [2.45, 2.75) is 57.1 Å². The van der Waals surface area contributed by atoms with Crippen LogP contribution in [0.4, 0.5) is 0 Å². The van der Waals surface area contributed by atoms with Crippen LogP contribution in [0.1, 0.15) is 22.3 Å². The molecule has 1 fully saturated rings. The quantitative estimate of drug-likeness (QED) is 0.236. The molecule has 1 saturated heterocycles. The third-order valence-electron chi connectivity index (χ3n) is 6.84. The minimum absolute atomic E-state index is 0.178. The van der Waals surface area contributed by atoms with E-state index in [-0.39, 0.29) is 6.61 Å². The summed E-state index contributed by atoms with van der Waals surface area (Å²) in [6, 6.07) is 39.6. The summed E-state index contributed by atoms with van der Waals surface area (Å²) in [4.78, 5) is 0. The Kier molecular flexibility index (Phi) is 10.5. The topological polar surface area (TPSA) is 66.4 Å². The van der Waals surface area contributed by atoms with Gasteiger partial charge in [0.25, 0.3) is 0 Å². The molecule has 4 aromatic carbocycles. The molecule has 5 atom stereocenters. The van der Waals surface area contributed by atoms with Gasteiger partial charge in [0.1, 0.15) is 24.4 Å². The zero-order valence-corrected chi connectivity index (χ0v) is 22.5. The van der Waals surface area contributed by atoms with E-state index in [4.69, 9.17) is 23.7 Å². The van der Waals surface area contributed by atoms with Gasteiger partial charge < -0.3 is 28.8 Å². The van der Waals surface area contributed by atoms with Crippen molar-refractivity contribution in [3.63, 3.8) is 0 Å². The van der Waals surface area contributed by atoms with Gasteiger partial charge in [0.05, 0.1) is 33.0 Å². The van der Waals surface area contributed by atoms with Crippen molar-refractivity contribution >= 4 is 0 Å². The Bertz CT molecular complexity index is 1240. The summed E-state index contributed by atoms with van der Waals surface area (Å²) in [6.07, 6.45) is -3.81. The molecule has 208 valence electrons. The number of ether oxygens (including phenoxy) is 5. The molecule has 6 heteroatoms. The predicted octanol–water partition coefficient (Wildman–Crippen LogP) is 5.68. The Balaban J connectivity index is 1.34. The van der Waals surface area contributed by atoms with Crippen molar-refractivity contribution in [1.82, 2.24) is 0 Å². The Morgan fingerprint density at radius 2 is 0.900 bits per heavy atom. The van der Waals surface area contributed by atoms with Gasteiger partial charge in [-0.3, -0.25) is 0 Å². The second-order valence-electron chi connectivity index (χ2n) is 9.85. The summed E-state index contributed by atoms with van der Waals surface area (Å²) in [6.45, 7) is 1.56. The van der Waals surface area contributed by atoms with Gasteiger partial charge in [0.15, 0.2) is 6.29 Å². The Morgan fingerprint density at radius 3 is 1.38 bits per heavy atom. The molecule has 1 heterocycles. The van der Waals surface area contributed by atoms with E-state index in [0.29, 0.717) is 26.4 Å². The maximum Gasteiger partial charge on any atom is 0.187 e. The SMILES string of the molecule is O[C@@H]1[C@H](OCc2ccccc2)[C@@H](OCc2ccccc2)C(OCc2ccccc2)O[C@@H]1COCc1ccccc1. The van der Waals surface area contributed by atoms with E-state index in [1.165, 1.54) is 0 Å². The third kappa shape index (κ3) is 8.08. The molecule has 1 aliphatic rings. The first kappa shape index (κ1) is 28.2. The van der Waals surface area contributed by atoms with E-state index in [9.17, 15) is 5.11 Å². The lowest BCUT2D eigenvalue weighted by atomic mass is 9.98. The zero-order chi connectivity index (χ0) is 27.4. The van der Waals surface area contributed by atoms with Crippen LogP contribution in [0.25, 0.3) is 0 Å². The Hall–Kier alpha value is -3.36. The molecule has 5 rings (SSSR count). The number of rotatable bonds is 13. The van der Waals surface area contributed by atoms with E-state index in [1.54, 1.807) is 0 Å². The van der Waals surface area contributed by atoms with E-state index < -0.39 is 30.7 Å². The predicted molar refractivity (Wildman–Crippen MR) is 152 cm³/mol. The lowest BCUT2D eigenvalue weighted by Gasteiger charge is -2.44. The molecule has 1 unspecified atom stereocenters. The van der Waals surface area contributed by atoms with Crippen molar-refractivity contribution in [2.24, 2.45) is 0 Å². The second kappa shape index (κ2) is 14.9. The summed E-state index contributed by atoms with van der Waals surface area (Å²) < 4.78 is 31.4.